The number of carbonyl (C=O) groups excluding carboxylic acids is 1. The molecule has 4 unspecified atom stereocenters. The standard InChI is InChI=1S/C19H24O3/c1-21-9-10-22-19(20)8-7-15-11-17-12-16(15)13-18(17)14-5-3-2-4-6-14/h2-8,15-18H,9-13H2,1H3/b8-7+. The summed E-state index contributed by atoms with van der Waals surface area (Å²) < 4.78 is 9.92. The van der Waals surface area contributed by atoms with Crippen LogP contribution in [-0.4, -0.2) is 26.3 Å². The lowest BCUT2D eigenvalue weighted by molar-refractivity contribution is -0.139. The minimum atomic E-state index is -0.251. The average Bonchev–Trinajstić information content (AvgIpc) is 3.14. The fourth-order valence-electron chi connectivity index (χ4n) is 4.14. The zero-order chi connectivity index (χ0) is 15.4. The molecule has 0 saturated heterocycles. The first-order chi connectivity index (χ1) is 10.8. The number of allylic oxidation sites excluding steroid dienone is 1. The molecule has 22 heavy (non-hydrogen) atoms. The summed E-state index contributed by atoms with van der Waals surface area (Å²) in [7, 11) is 1.60. The van der Waals surface area contributed by atoms with E-state index in [0.29, 0.717) is 25.0 Å². The van der Waals surface area contributed by atoms with Gasteiger partial charge in [0.25, 0.3) is 0 Å². The molecule has 118 valence electrons. The minimum absolute atomic E-state index is 0.251. The maximum absolute atomic E-state index is 11.6. The Morgan fingerprint density at radius 3 is 2.64 bits per heavy atom. The summed E-state index contributed by atoms with van der Waals surface area (Å²) in [6.45, 7) is 0.777. The van der Waals surface area contributed by atoms with Gasteiger partial charge in [-0.1, -0.05) is 36.4 Å². The molecule has 0 spiro atoms. The summed E-state index contributed by atoms with van der Waals surface area (Å²) in [5, 5.41) is 0. The Bertz CT molecular complexity index is 523. The first kappa shape index (κ1) is 15.3. The topological polar surface area (TPSA) is 35.5 Å². The number of esters is 1. The van der Waals surface area contributed by atoms with Crippen LogP contribution in [0.2, 0.25) is 0 Å². The van der Waals surface area contributed by atoms with Crippen LogP contribution in [0.5, 0.6) is 0 Å². The van der Waals surface area contributed by atoms with E-state index in [1.165, 1.54) is 24.8 Å². The van der Waals surface area contributed by atoms with Crippen LogP contribution in [0.15, 0.2) is 42.5 Å². The number of fused-ring (bicyclic) bond motifs is 2. The third-order valence-electron chi connectivity index (χ3n) is 5.15. The molecule has 0 aliphatic heterocycles. The molecule has 2 aliphatic rings. The number of hydrogen-bond acceptors (Lipinski definition) is 3. The second-order valence-corrected chi connectivity index (χ2v) is 6.43. The highest BCUT2D eigenvalue weighted by Crippen LogP contribution is 2.55. The van der Waals surface area contributed by atoms with Crippen molar-refractivity contribution in [3.8, 4) is 0 Å². The Labute approximate surface area is 132 Å². The Kier molecular flexibility index (Phi) is 4.94. The molecule has 2 bridgehead atoms. The summed E-state index contributed by atoms with van der Waals surface area (Å²) >= 11 is 0. The molecule has 3 heteroatoms. The van der Waals surface area contributed by atoms with Crippen LogP contribution in [0.1, 0.15) is 30.7 Å². The highest BCUT2D eigenvalue weighted by atomic mass is 16.6. The Hall–Kier alpha value is -1.61. The lowest BCUT2D eigenvalue weighted by Gasteiger charge is -2.26. The van der Waals surface area contributed by atoms with Crippen molar-refractivity contribution in [1.82, 2.24) is 0 Å². The second kappa shape index (κ2) is 7.10. The van der Waals surface area contributed by atoms with Gasteiger partial charge in [0.2, 0.25) is 0 Å². The van der Waals surface area contributed by atoms with E-state index in [9.17, 15) is 4.79 Å². The van der Waals surface area contributed by atoms with E-state index >= 15 is 0 Å². The summed E-state index contributed by atoms with van der Waals surface area (Å²) in [6.07, 6.45) is 7.43. The van der Waals surface area contributed by atoms with Gasteiger partial charge in [0.05, 0.1) is 6.61 Å². The zero-order valence-corrected chi connectivity index (χ0v) is 13.1. The molecular formula is C19H24O3. The molecule has 3 nitrogen and oxygen atoms in total. The molecule has 3 rings (SSSR count). The maximum atomic E-state index is 11.6. The molecule has 2 fully saturated rings. The van der Waals surface area contributed by atoms with E-state index in [4.69, 9.17) is 9.47 Å². The molecule has 2 aliphatic carbocycles. The number of carbonyl (C=O) groups is 1. The van der Waals surface area contributed by atoms with E-state index in [0.717, 1.165) is 11.8 Å². The summed E-state index contributed by atoms with van der Waals surface area (Å²) in [4.78, 5) is 11.6. The predicted molar refractivity (Wildman–Crippen MR) is 85.5 cm³/mol. The van der Waals surface area contributed by atoms with Gasteiger partial charge in [-0.05, 0) is 48.5 Å². The lowest BCUT2D eigenvalue weighted by atomic mass is 9.78. The van der Waals surface area contributed by atoms with E-state index in [1.54, 1.807) is 13.2 Å². The van der Waals surface area contributed by atoms with Gasteiger partial charge in [-0.25, -0.2) is 4.79 Å². The van der Waals surface area contributed by atoms with Crippen LogP contribution in [0.4, 0.5) is 0 Å². The van der Waals surface area contributed by atoms with Gasteiger partial charge in [0, 0.05) is 13.2 Å². The predicted octanol–water partition coefficient (Wildman–Crippen LogP) is 3.56. The van der Waals surface area contributed by atoms with E-state index in [2.05, 4.69) is 36.4 Å². The van der Waals surface area contributed by atoms with Crippen molar-refractivity contribution in [3.05, 3.63) is 48.0 Å². The van der Waals surface area contributed by atoms with Crippen molar-refractivity contribution in [2.75, 3.05) is 20.3 Å². The van der Waals surface area contributed by atoms with Crippen LogP contribution >= 0.6 is 0 Å². The van der Waals surface area contributed by atoms with Crippen LogP contribution in [0, 0.1) is 17.8 Å². The minimum Gasteiger partial charge on any atom is -0.460 e. The molecule has 4 atom stereocenters. The maximum Gasteiger partial charge on any atom is 0.330 e. The molecular weight excluding hydrogens is 276 g/mol. The Balaban J connectivity index is 1.51. The quantitative estimate of drug-likeness (QED) is 0.458. The molecule has 0 aromatic heterocycles. The first-order valence-corrected chi connectivity index (χ1v) is 8.16. The summed E-state index contributed by atoms with van der Waals surface area (Å²) in [5.74, 6) is 2.49. The van der Waals surface area contributed by atoms with E-state index < -0.39 is 0 Å². The molecule has 2 saturated carbocycles. The number of hydrogen-bond donors (Lipinski definition) is 0. The van der Waals surface area contributed by atoms with Crippen molar-refractivity contribution >= 4 is 5.97 Å². The third kappa shape index (κ3) is 3.41. The highest BCUT2D eigenvalue weighted by Gasteiger charge is 2.45. The van der Waals surface area contributed by atoms with Gasteiger partial charge in [-0.3, -0.25) is 0 Å². The summed E-state index contributed by atoms with van der Waals surface area (Å²) in [6, 6.07) is 10.9. The molecule has 0 heterocycles. The SMILES string of the molecule is COCCOC(=O)/C=C/C1CC2CC1CC2c1ccccc1. The van der Waals surface area contributed by atoms with Crippen molar-refractivity contribution < 1.29 is 14.3 Å². The second-order valence-electron chi connectivity index (χ2n) is 6.43. The van der Waals surface area contributed by atoms with Gasteiger partial charge >= 0.3 is 5.97 Å². The average molecular weight is 300 g/mol. The molecule has 0 N–H and O–H groups in total. The van der Waals surface area contributed by atoms with Crippen molar-refractivity contribution in [2.24, 2.45) is 17.8 Å². The van der Waals surface area contributed by atoms with Gasteiger partial charge in [0.15, 0.2) is 0 Å². The van der Waals surface area contributed by atoms with Gasteiger partial charge in [-0.2, -0.15) is 0 Å². The van der Waals surface area contributed by atoms with Gasteiger partial charge in [-0.15, -0.1) is 0 Å². The molecule has 0 radical (unpaired) electrons. The molecule has 0 amide bonds. The van der Waals surface area contributed by atoms with Crippen LogP contribution in [0.3, 0.4) is 0 Å². The van der Waals surface area contributed by atoms with Crippen LogP contribution in [-0.2, 0) is 14.3 Å². The first-order valence-electron chi connectivity index (χ1n) is 8.16. The number of rotatable bonds is 6. The summed E-state index contributed by atoms with van der Waals surface area (Å²) in [5.41, 5.74) is 1.48. The van der Waals surface area contributed by atoms with Gasteiger partial charge in [0.1, 0.15) is 6.61 Å². The van der Waals surface area contributed by atoms with E-state index in [1.807, 2.05) is 0 Å². The number of benzene rings is 1. The number of methoxy groups -OCH3 is 1. The van der Waals surface area contributed by atoms with E-state index in [-0.39, 0.29) is 5.97 Å². The monoisotopic (exact) mass is 300 g/mol. The Morgan fingerprint density at radius 2 is 1.95 bits per heavy atom. The van der Waals surface area contributed by atoms with Gasteiger partial charge < -0.3 is 9.47 Å². The largest absolute Gasteiger partial charge is 0.460 e. The van der Waals surface area contributed by atoms with Crippen molar-refractivity contribution in [1.29, 1.82) is 0 Å². The fourth-order valence-corrected chi connectivity index (χ4v) is 4.14. The van der Waals surface area contributed by atoms with Crippen molar-refractivity contribution in [2.45, 2.75) is 25.2 Å². The van der Waals surface area contributed by atoms with Crippen LogP contribution < -0.4 is 0 Å². The smallest absolute Gasteiger partial charge is 0.330 e. The lowest BCUT2D eigenvalue weighted by Crippen LogP contribution is -2.15. The molecule has 1 aromatic carbocycles. The van der Waals surface area contributed by atoms with Crippen LogP contribution in [0.25, 0.3) is 0 Å². The normalized spacial score (nSPS) is 30.0. The molecule has 1 aromatic rings. The number of ether oxygens (including phenoxy) is 2. The fraction of sp³-hybridized carbons (Fsp3) is 0.526. The van der Waals surface area contributed by atoms with Crippen molar-refractivity contribution in [3.63, 3.8) is 0 Å². The third-order valence-corrected chi connectivity index (χ3v) is 5.15. The Morgan fingerprint density at radius 1 is 1.14 bits per heavy atom. The highest BCUT2D eigenvalue weighted by molar-refractivity contribution is 5.81. The zero-order valence-electron chi connectivity index (χ0n) is 13.1.